The number of carbonyl (C=O) groups excluding carboxylic acids is 3. The molecule has 1 aromatic rings. The lowest BCUT2D eigenvalue weighted by atomic mass is 10.1. The van der Waals surface area contributed by atoms with Crippen molar-refractivity contribution >= 4 is 29.3 Å². The lowest BCUT2D eigenvalue weighted by molar-refractivity contribution is -0.153. The van der Waals surface area contributed by atoms with Crippen LogP contribution in [0.1, 0.15) is 13.8 Å². The average Bonchev–Trinajstić information content (AvgIpc) is 2.39. The molecule has 1 saturated heterocycles. The van der Waals surface area contributed by atoms with Gasteiger partial charge in [0.1, 0.15) is 18.8 Å². The number of nitrogens with one attached hydrogen (secondary N) is 1. The highest BCUT2D eigenvalue weighted by Gasteiger charge is 2.37. The van der Waals surface area contributed by atoms with E-state index in [2.05, 4.69) is 5.32 Å². The number of hydrogen-bond acceptors (Lipinski definition) is 4. The second kappa shape index (κ2) is 5.73. The van der Waals surface area contributed by atoms with E-state index in [1.165, 1.54) is 4.90 Å². The molecule has 0 unspecified atom stereocenters. The van der Waals surface area contributed by atoms with Crippen molar-refractivity contribution in [1.29, 1.82) is 0 Å². The maximum atomic E-state index is 12.4. The third-order valence-electron chi connectivity index (χ3n) is 2.94. The topological polar surface area (TPSA) is 75.7 Å². The van der Waals surface area contributed by atoms with Gasteiger partial charge in [-0.3, -0.25) is 19.7 Å². The fourth-order valence-corrected chi connectivity index (χ4v) is 2.13. The fraction of sp³-hybridized carbons (Fsp3) is 0.357. The Balaban J connectivity index is 2.10. The molecule has 112 valence electrons. The molecule has 0 aliphatic carbocycles. The molecule has 21 heavy (non-hydrogen) atoms. The number of benzene rings is 1. The van der Waals surface area contributed by atoms with Crippen molar-refractivity contribution in [2.75, 3.05) is 13.1 Å². The van der Waals surface area contributed by atoms with Crippen molar-refractivity contribution in [3.63, 3.8) is 0 Å². The number of ether oxygens (including phenoxy) is 1. The van der Waals surface area contributed by atoms with Crippen molar-refractivity contribution in [3.8, 4) is 5.75 Å². The van der Waals surface area contributed by atoms with E-state index in [0.29, 0.717) is 10.8 Å². The molecule has 3 amide bonds. The van der Waals surface area contributed by atoms with Gasteiger partial charge in [0.2, 0.25) is 11.8 Å². The van der Waals surface area contributed by atoms with Crippen LogP contribution in [0.2, 0.25) is 5.02 Å². The highest BCUT2D eigenvalue weighted by atomic mass is 35.5. The van der Waals surface area contributed by atoms with Gasteiger partial charge in [0.15, 0.2) is 5.60 Å². The first-order chi connectivity index (χ1) is 9.78. The van der Waals surface area contributed by atoms with Gasteiger partial charge < -0.3 is 9.64 Å². The number of nitrogens with zero attached hydrogens (tertiary/aromatic N) is 1. The molecular formula is C14H15ClN2O4. The average molecular weight is 311 g/mol. The van der Waals surface area contributed by atoms with E-state index >= 15 is 0 Å². The molecule has 0 saturated carbocycles. The fourth-order valence-electron chi connectivity index (χ4n) is 2.00. The monoisotopic (exact) mass is 310 g/mol. The number of hydrogen-bond donors (Lipinski definition) is 1. The van der Waals surface area contributed by atoms with E-state index in [-0.39, 0.29) is 13.1 Å². The van der Waals surface area contributed by atoms with Crippen LogP contribution in [0.5, 0.6) is 5.75 Å². The summed E-state index contributed by atoms with van der Waals surface area (Å²) in [7, 11) is 0. The van der Waals surface area contributed by atoms with Gasteiger partial charge in [0.25, 0.3) is 5.91 Å². The molecule has 0 bridgehead atoms. The molecule has 7 heteroatoms. The molecule has 1 N–H and O–H groups in total. The van der Waals surface area contributed by atoms with Crippen LogP contribution in [0.25, 0.3) is 0 Å². The van der Waals surface area contributed by atoms with Gasteiger partial charge in [-0.05, 0) is 38.1 Å². The first-order valence-corrected chi connectivity index (χ1v) is 6.72. The van der Waals surface area contributed by atoms with Gasteiger partial charge in [-0.2, -0.15) is 0 Å². The smallest absolute Gasteiger partial charge is 0.267 e. The molecule has 1 aromatic carbocycles. The van der Waals surface area contributed by atoms with Crippen LogP contribution in [0.4, 0.5) is 0 Å². The van der Waals surface area contributed by atoms with Crippen molar-refractivity contribution < 1.29 is 19.1 Å². The van der Waals surface area contributed by atoms with Crippen LogP contribution in [0.15, 0.2) is 24.3 Å². The highest BCUT2D eigenvalue weighted by molar-refractivity contribution is 6.30. The SMILES string of the molecule is CC(C)(Oc1ccc(Cl)cc1)C(=O)N1CC(=O)NC(=O)C1. The standard InChI is InChI=1S/C14H15ClN2O4/c1-14(2,21-10-5-3-9(15)4-6-10)13(20)17-7-11(18)16-12(19)8-17/h3-6H,7-8H2,1-2H3,(H,16,18,19). The molecule has 0 aromatic heterocycles. The van der Waals surface area contributed by atoms with Crippen molar-refractivity contribution in [1.82, 2.24) is 10.2 Å². The van der Waals surface area contributed by atoms with E-state index in [1.54, 1.807) is 38.1 Å². The first-order valence-electron chi connectivity index (χ1n) is 6.34. The van der Waals surface area contributed by atoms with E-state index in [9.17, 15) is 14.4 Å². The van der Waals surface area contributed by atoms with Crippen molar-refractivity contribution in [2.24, 2.45) is 0 Å². The maximum Gasteiger partial charge on any atom is 0.267 e. The van der Waals surface area contributed by atoms with E-state index in [0.717, 1.165) is 0 Å². The minimum absolute atomic E-state index is 0.155. The minimum atomic E-state index is -1.20. The lowest BCUT2D eigenvalue weighted by Gasteiger charge is -2.33. The zero-order valence-electron chi connectivity index (χ0n) is 11.7. The van der Waals surface area contributed by atoms with Crippen LogP contribution in [-0.4, -0.2) is 41.3 Å². The molecule has 1 fully saturated rings. The van der Waals surface area contributed by atoms with E-state index in [1.807, 2.05) is 0 Å². The summed E-state index contributed by atoms with van der Waals surface area (Å²) >= 11 is 5.79. The molecule has 2 rings (SSSR count). The molecule has 1 aliphatic rings. The van der Waals surface area contributed by atoms with Gasteiger partial charge in [-0.15, -0.1) is 0 Å². The minimum Gasteiger partial charge on any atom is -0.478 e. The second-order valence-corrected chi connectivity index (χ2v) is 5.64. The Morgan fingerprint density at radius 1 is 1.19 bits per heavy atom. The zero-order chi connectivity index (χ0) is 15.6. The molecule has 6 nitrogen and oxygen atoms in total. The Labute approximate surface area is 127 Å². The van der Waals surface area contributed by atoms with Crippen LogP contribution in [0.3, 0.4) is 0 Å². The summed E-state index contributed by atoms with van der Waals surface area (Å²) in [6, 6.07) is 6.58. The van der Waals surface area contributed by atoms with E-state index < -0.39 is 23.3 Å². The number of rotatable bonds is 3. The largest absolute Gasteiger partial charge is 0.478 e. The Morgan fingerprint density at radius 2 is 1.71 bits per heavy atom. The predicted octanol–water partition coefficient (Wildman–Crippen LogP) is 0.982. The van der Waals surface area contributed by atoms with Gasteiger partial charge in [-0.1, -0.05) is 11.6 Å². The third kappa shape index (κ3) is 3.72. The molecule has 1 aliphatic heterocycles. The Hall–Kier alpha value is -2.08. The molecule has 0 spiro atoms. The van der Waals surface area contributed by atoms with Crippen LogP contribution >= 0.6 is 11.6 Å². The third-order valence-corrected chi connectivity index (χ3v) is 3.19. The Kier molecular flexibility index (Phi) is 4.18. The van der Waals surface area contributed by atoms with Crippen LogP contribution < -0.4 is 10.1 Å². The van der Waals surface area contributed by atoms with Gasteiger partial charge >= 0.3 is 0 Å². The van der Waals surface area contributed by atoms with Crippen molar-refractivity contribution in [2.45, 2.75) is 19.4 Å². The Morgan fingerprint density at radius 3 is 2.24 bits per heavy atom. The molecular weight excluding hydrogens is 296 g/mol. The van der Waals surface area contributed by atoms with Gasteiger partial charge in [-0.25, -0.2) is 0 Å². The number of imide groups is 1. The number of piperazine rings is 1. The number of amides is 3. The molecule has 0 radical (unpaired) electrons. The van der Waals surface area contributed by atoms with Crippen LogP contribution in [-0.2, 0) is 14.4 Å². The number of halogens is 1. The van der Waals surface area contributed by atoms with Gasteiger partial charge in [0, 0.05) is 5.02 Å². The number of carbonyl (C=O) groups is 3. The van der Waals surface area contributed by atoms with E-state index in [4.69, 9.17) is 16.3 Å². The maximum absolute atomic E-state index is 12.4. The normalized spacial score (nSPS) is 15.7. The summed E-state index contributed by atoms with van der Waals surface area (Å²) in [6.45, 7) is 2.86. The van der Waals surface area contributed by atoms with Gasteiger partial charge in [0.05, 0.1) is 0 Å². The summed E-state index contributed by atoms with van der Waals surface area (Å²) in [4.78, 5) is 36.3. The predicted molar refractivity (Wildman–Crippen MR) is 75.9 cm³/mol. The zero-order valence-corrected chi connectivity index (χ0v) is 12.4. The quantitative estimate of drug-likeness (QED) is 0.845. The van der Waals surface area contributed by atoms with Crippen LogP contribution in [0, 0.1) is 0 Å². The second-order valence-electron chi connectivity index (χ2n) is 5.20. The Bertz CT molecular complexity index is 567. The summed E-state index contributed by atoms with van der Waals surface area (Å²) in [6.07, 6.45) is 0. The summed E-state index contributed by atoms with van der Waals surface area (Å²) in [5.74, 6) is -0.949. The highest BCUT2D eigenvalue weighted by Crippen LogP contribution is 2.22. The van der Waals surface area contributed by atoms with Crippen molar-refractivity contribution in [3.05, 3.63) is 29.3 Å². The summed E-state index contributed by atoms with van der Waals surface area (Å²) in [5.41, 5.74) is -1.20. The summed E-state index contributed by atoms with van der Waals surface area (Å²) in [5, 5.41) is 2.70. The summed E-state index contributed by atoms with van der Waals surface area (Å²) < 4.78 is 5.65. The first kappa shape index (κ1) is 15.3. The lowest BCUT2D eigenvalue weighted by Crippen LogP contribution is -2.58. The molecule has 1 heterocycles. The molecule has 0 atom stereocenters.